The van der Waals surface area contributed by atoms with E-state index in [9.17, 15) is 0 Å². The zero-order valence-corrected chi connectivity index (χ0v) is 20.7. The van der Waals surface area contributed by atoms with E-state index in [1.807, 2.05) is 0 Å². The number of hydrogen-bond donors (Lipinski definition) is 1. The van der Waals surface area contributed by atoms with Crippen molar-refractivity contribution in [2.24, 2.45) is 4.99 Å². The summed E-state index contributed by atoms with van der Waals surface area (Å²) >= 11 is 0. The van der Waals surface area contributed by atoms with Crippen LogP contribution in [0.25, 0.3) is 11.0 Å². The minimum atomic E-state index is -0.0403. The first-order valence-corrected chi connectivity index (χ1v) is 12.9. The van der Waals surface area contributed by atoms with Crippen molar-refractivity contribution in [2.45, 2.75) is 32.4 Å². The van der Waals surface area contributed by atoms with Crippen LogP contribution in [-0.4, -0.2) is 78.0 Å². The summed E-state index contributed by atoms with van der Waals surface area (Å²) in [5.41, 5.74) is 4.72. The molecule has 6 rings (SSSR count). The first-order valence-electron chi connectivity index (χ1n) is 12.9. The Morgan fingerprint density at radius 1 is 1.00 bits per heavy atom. The van der Waals surface area contributed by atoms with Crippen LogP contribution in [0.15, 0.2) is 53.5 Å². The van der Waals surface area contributed by atoms with Gasteiger partial charge in [0.15, 0.2) is 0 Å². The van der Waals surface area contributed by atoms with Crippen LogP contribution in [0.1, 0.15) is 43.5 Å². The molecule has 3 aliphatic rings. The van der Waals surface area contributed by atoms with E-state index in [1.165, 1.54) is 11.1 Å². The molecule has 8 heteroatoms. The first kappa shape index (κ1) is 22.5. The average molecular weight is 474 g/mol. The van der Waals surface area contributed by atoms with Crippen LogP contribution >= 0.6 is 0 Å². The largest absolute Gasteiger partial charge is 0.379 e. The maximum Gasteiger partial charge on any atom is 0.216 e. The highest BCUT2D eigenvalue weighted by atomic mass is 16.5. The monoisotopic (exact) mass is 473 g/mol. The van der Waals surface area contributed by atoms with Crippen LogP contribution in [0.4, 0.5) is 5.95 Å². The summed E-state index contributed by atoms with van der Waals surface area (Å²) in [6.45, 7) is 11.9. The highest BCUT2D eigenvalue weighted by molar-refractivity contribution is 5.98. The van der Waals surface area contributed by atoms with E-state index in [-0.39, 0.29) is 6.17 Å². The zero-order valence-electron chi connectivity index (χ0n) is 20.7. The summed E-state index contributed by atoms with van der Waals surface area (Å²) in [4.78, 5) is 17.2. The standard InChI is InChI=1S/C27H35N7O/c1-20(2)21-8-10-22(11-9-21)25-30-26-28-18-32(13-5-12-31-14-16-35-17-15-31)19-33(26)27-29-23-6-3-4-7-24(23)34(25)27/h3-4,6-11,20,25H,5,12-19H2,1-2H3,(H,28,30)/t25-/m0/s1. The number of imidazole rings is 1. The molecule has 1 atom stereocenters. The topological polar surface area (TPSA) is 61.2 Å². The number of ether oxygens (including phenoxy) is 1. The Morgan fingerprint density at radius 2 is 1.77 bits per heavy atom. The lowest BCUT2D eigenvalue weighted by Gasteiger charge is -2.42. The Kier molecular flexibility index (Phi) is 6.18. The maximum atomic E-state index is 5.48. The average Bonchev–Trinajstić information content (AvgIpc) is 3.29. The summed E-state index contributed by atoms with van der Waals surface area (Å²) in [5.74, 6) is 2.38. The fourth-order valence-electron chi connectivity index (χ4n) is 5.29. The SMILES string of the molecule is CC(C)c1ccc([C@H]2NC3=NCN(CCCN4CCOCC4)CN3c3nc4ccccc4n32)cc1. The molecule has 1 aromatic heterocycles. The van der Waals surface area contributed by atoms with E-state index < -0.39 is 0 Å². The van der Waals surface area contributed by atoms with Crippen LogP contribution in [0, 0.1) is 0 Å². The Labute approximate surface area is 207 Å². The molecule has 1 N–H and O–H groups in total. The van der Waals surface area contributed by atoms with Crippen molar-refractivity contribution in [3.63, 3.8) is 0 Å². The molecule has 3 aliphatic heterocycles. The molecule has 0 saturated carbocycles. The predicted molar refractivity (Wildman–Crippen MR) is 140 cm³/mol. The van der Waals surface area contributed by atoms with Gasteiger partial charge in [-0.25, -0.2) is 9.98 Å². The van der Waals surface area contributed by atoms with E-state index in [4.69, 9.17) is 14.7 Å². The minimum absolute atomic E-state index is 0.0403. The van der Waals surface area contributed by atoms with Gasteiger partial charge in [-0.2, -0.15) is 0 Å². The lowest BCUT2D eigenvalue weighted by atomic mass is 10.0. The fraction of sp³-hybridized carbons (Fsp3) is 0.481. The van der Waals surface area contributed by atoms with Crippen molar-refractivity contribution < 1.29 is 4.74 Å². The van der Waals surface area contributed by atoms with Gasteiger partial charge in [0.1, 0.15) is 6.17 Å². The predicted octanol–water partition coefficient (Wildman–Crippen LogP) is 3.43. The van der Waals surface area contributed by atoms with Crippen molar-refractivity contribution in [3.8, 4) is 0 Å². The van der Waals surface area contributed by atoms with Crippen molar-refractivity contribution in [2.75, 3.05) is 57.6 Å². The number of aromatic nitrogens is 2. The Balaban J connectivity index is 1.26. The molecule has 1 fully saturated rings. The molecule has 1 saturated heterocycles. The van der Waals surface area contributed by atoms with Gasteiger partial charge in [0.2, 0.25) is 11.9 Å². The summed E-state index contributed by atoms with van der Waals surface area (Å²) in [6, 6.07) is 17.4. The second-order valence-corrected chi connectivity index (χ2v) is 10.0. The van der Waals surface area contributed by atoms with Gasteiger partial charge >= 0.3 is 0 Å². The summed E-state index contributed by atoms with van der Waals surface area (Å²) in [6.07, 6.45) is 1.09. The van der Waals surface area contributed by atoms with Gasteiger partial charge < -0.3 is 10.1 Å². The molecular formula is C27H35N7O. The molecule has 184 valence electrons. The van der Waals surface area contributed by atoms with E-state index in [2.05, 4.69) is 87.0 Å². The number of anilines is 1. The zero-order chi connectivity index (χ0) is 23.8. The number of morpholine rings is 1. The number of aliphatic imine (C=N–C) groups is 1. The Bertz CT molecular complexity index is 1200. The van der Waals surface area contributed by atoms with E-state index in [0.29, 0.717) is 12.6 Å². The van der Waals surface area contributed by atoms with Gasteiger partial charge in [0.25, 0.3) is 0 Å². The quantitative estimate of drug-likeness (QED) is 0.592. The number of guanidine groups is 1. The molecular weight excluding hydrogens is 438 g/mol. The number of nitrogens with one attached hydrogen (secondary N) is 1. The van der Waals surface area contributed by atoms with Crippen molar-refractivity contribution in [1.82, 2.24) is 24.7 Å². The molecule has 0 radical (unpaired) electrons. The number of fused-ring (bicyclic) bond motifs is 5. The van der Waals surface area contributed by atoms with Crippen molar-refractivity contribution in [1.29, 1.82) is 0 Å². The van der Waals surface area contributed by atoms with Crippen LogP contribution < -0.4 is 10.2 Å². The third kappa shape index (κ3) is 4.42. The molecule has 4 heterocycles. The van der Waals surface area contributed by atoms with Gasteiger partial charge in [-0.1, -0.05) is 50.2 Å². The highest BCUT2D eigenvalue weighted by Crippen LogP contribution is 2.34. The molecule has 3 aromatic rings. The van der Waals surface area contributed by atoms with Gasteiger partial charge in [0.05, 0.1) is 37.6 Å². The third-order valence-electron chi connectivity index (χ3n) is 7.33. The summed E-state index contributed by atoms with van der Waals surface area (Å²) < 4.78 is 7.81. The van der Waals surface area contributed by atoms with Gasteiger partial charge in [-0.15, -0.1) is 0 Å². The molecule has 0 unspecified atom stereocenters. The smallest absolute Gasteiger partial charge is 0.216 e. The van der Waals surface area contributed by atoms with Crippen LogP contribution in [-0.2, 0) is 4.74 Å². The number of para-hydroxylation sites is 2. The van der Waals surface area contributed by atoms with Gasteiger partial charge in [-0.05, 0) is 42.1 Å². The van der Waals surface area contributed by atoms with E-state index >= 15 is 0 Å². The molecule has 0 aliphatic carbocycles. The Hall–Kier alpha value is -2.94. The molecule has 35 heavy (non-hydrogen) atoms. The van der Waals surface area contributed by atoms with Gasteiger partial charge in [0, 0.05) is 19.6 Å². The second-order valence-electron chi connectivity index (χ2n) is 10.0. The lowest BCUT2D eigenvalue weighted by Crippen LogP contribution is -2.57. The van der Waals surface area contributed by atoms with Gasteiger partial charge in [-0.3, -0.25) is 19.3 Å². The van der Waals surface area contributed by atoms with Crippen LogP contribution in [0.5, 0.6) is 0 Å². The second kappa shape index (κ2) is 9.60. The summed E-state index contributed by atoms with van der Waals surface area (Å²) in [7, 11) is 0. The molecule has 0 bridgehead atoms. The van der Waals surface area contributed by atoms with Crippen LogP contribution in [0.3, 0.4) is 0 Å². The minimum Gasteiger partial charge on any atom is -0.379 e. The van der Waals surface area contributed by atoms with E-state index in [0.717, 1.165) is 75.4 Å². The molecule has 8 nitrogen and oxygen atoms in total. The van der Waals surface area contributed by atoms with Crippen molar-refractivity contribution in [3.05, 3.63) is 59.7 Å². The van der Waals surface area contributed by atoms with Crippen molar-refractivity contribution >= 4 is 22.9 Å². The number of benzene rings is 2. The Morgan fingerprint density at radius 3 is 2.57 bits per heavy atom. The highest BCUT2D eigenvalue weighted by Gasteiger charge is 2.35. The van der Waals surface area contributed by atoms with Crippen LogP contribution in [0.2, 0.25) is 0 Å². The number of nitrogens with zero attached hydrogens (tertiary/aromatic N) is 6. The third-order valence-corrected chi connectivity index (χ3v) is 7.33. The molecule has 0 amide bonds. The summed E-state index contributed by atoms with van der Waals surface area (Å²) in [5, 5.41) is 3.73. The first-order chi connectivity index (χ1) is 17.2. The lowest BCUT2D eigenvalue weighted by molar-refractivity contribution is 0.0361. The number of rotatable bonds is 6. The maximum absolute atomic E-state index is 5.48. The number of hydrogen-bond acceptors (Lipinski definition) is 7. The molecule has 2 aromatic carbocycles. The fourth-order valence-corrected chi connectivity index (χ4v) is 5.29. The van der Waals surface area contributed by atoms with E-state index in [1.54, 1.807) is 0 Å². The normalized spacial score (nSPS) is 21.1. The molecule has 0 spiro atoms.